The predicted octanol–water partition coefficient (Wildman–Crippen LogP) is 1.89. The maximum Gasteiger partial charge on any atom is 0.175 e. The molecule has 2 aliphatic rings. The fourth-order valence-corrected chi connectivity index (χ4v) is 4.56. The second-order valence-electron chi connectivity index (χ2n) is 7.80. The van der Waals surface area contributed by atoms with Crippen LogP contribution in [0.4, 0.5) is 0 Å². The van der Waals surface area contributed by atoms with Gasteiger partial charge in [-0.25, -0.2) is 8.42 Å². The van der Waals surface area contributed by atoms with Crippen LogP contribution in [0.25, 0.3) is 0 Å². The van der Waals surface area contributed by atoms with Crippen molar-refractivity contribution in [2.75, 3.05) is 25.9 Å². The third-order valence-electron chi connectivity index (χ3n) is 5.63. The summed E-state index contributed by atoms with van der Waals surface area (Å²) >= 11 is 0. The van der Waals surface area contributed by atoms with Crippen molar-refractivity contribution < 1.29 is 13.5 Å². The third-order valence-corrected chi connectivity index (χ3v) is 6.76. The Balaban J connectivity index is 1.69. The number of β-amino-alcohol motifs (C(OH)–C–C–N with tert-alkyl or cyclic N) is 1. The number of nitrogens with zero attached hydrogens (tertiary/aromatic N) is 1. The summed E-state index contributed by atoms with van der Waals surface area (Å²) in [4.78, 5) is 2.61. The Morgan fingerprint density at radius 1 is 1.23 bits per heavy atom. The van der Waals surface area contributed by atoms with Crippen molar-refractivity contribution in [2.24, 2.45) is 17.3 Å². The van der Waals surface area contributed by atoms with E-state index in [1.807, 2.05) is 0 Å². The highest BCUT2D eigenvalue weighted by Crippen LogP contribution is 2.62. The smallest absolute Gasteiger partial charge is 0.175 e. The molecule has 1 aliphatic carbocycles. The number of fused-ring (bicyclic) bond motifs is 1. The lowest BCUT2D eigenvalue weighted by Gasteiger charge is -2.31. The van der Waals surface area contributed by atoms with E-state index in [0.717, 1.165) is 30.5 Å². The maximum atomic E-state index is 11.5. The van der Waals surface area contributed by atoms with Crippen LogP contribution in [-0.4, -0.2) is 44.3 Å². The molecule has 1 aromatic rings. The van der Waals surface area contributed by atoms with E-state index < -0.39 is 15.4 Å². The lowest BCUT2D eigenvalue weighted by molar-refractivity contribution is 0.0166. The molecule has 5 heteroatoms. The van der Waals surface area contributed by atoms with Crippen LogP contribution in [0, 0.1) is 17.3 Å². The zero-order chi connectivity index (χ0) is 16.3. The van der Waals surface area contributed by atoms with Crippen LogP contribution in [-0.2, 0) is 15.4 Å². The fraction of sp³-hybridized carbons (Fsp3) is 0.647. The summed E-state index contributed by atoms with van der Waals surface area (Å²) in [6.45, 7) is 9.14. The molecule has 0 amide bonds. The van der Waals surface area contributed by atoms with Gasteiger partial charge in [0.25, 0.3) is 0 Å². The first-order valence-corrected chi connectivity index (χ1v) is 9.66. The Morgan fingerprint density at radius 2 is 1.73 bits per heavy atom. The molecule has 1 aromatic carbocycles. The number of rotatable bonds is 4. The Morgan fingerprint density at radius 3 is 2.18 bits per heavy atom. The van der Waals surface area contributed by atoms with Crippen molar-refractivity contribution in [1.29, 1.82) is 0 Å². The van der Waals surface area contributed by atoms with E-state index in [-0.39, 0.29) is 4.90 Å². The minimum Gasteiger partial charge on any atom is -0.384 e. The number of piperidine rings is 1. The molecule has 22 heavy (non-hydrogen) atoms. The Bertz CT molecular complexity index is 662. The summed E-state index contributed by atoms with van der Waals surface area (Å²) in [5.74, 6) is 1.52. The van der Waals surface area contributed by atoms with Gasteiger partial charge in [-0.15, -0.1) is 0 Å². The largest absolute Gasteiger partial charge is 0.384 e. The normalized spacial score (nSPS) is 29.9. The van der Waals surface area contributed by atoms with Gasteiger partial charge in [0.2, 0.25) is 0 Å². The topological polar surface area (TPSA) is 57.6 Å². The third kappa shape index (κ3) is 2.70. The van der Waals surface area contributed by atoms with Crippen LogP contribution in [0.5, 0.6) is 0 Å². The number of hydrogen-bond acceptors (Lipinski definition) is 4. The van der Waals surface area contributed by atoms with Gasteiger partial charge in [-0.3, -0.25) is 4.90 Å². The molecule has 1 aliphatic heterocycles. The van der Waals surface area contributed by atoms with Crippen LogP contribution in [0.1, 0.15) is 26.3 Å². The van der Waals surface area contributed by atoms with Gasteiger partial charge in [-0.2, -0.15) is 0 Å². The molecule has 1 saturated heterocycles. The van der Waals surface area contributed by atoms with Crippen molar-refractivity contribution in [1.82, 2.24) is 4.90 Å². The lowest BCUT2D eigenvalue weighted by Crippen LogP contribution is -2.39. The van der Waals surface area contributed by atoms with Gasteiger partial charge in [0.15, 0.2) is 9.84 Å². The Labute approximate surface area is 133 Å². The summed E-state index contributed by atoms with van der Waals surface area (Å²) in [6.07, 6.45) is 1.19. The van der Waals surface area contributed by atoms with E-state index in [2.05, 4.69) is 18.7 Å². The first kappa shape index (κ1) is 16.0. The molecule has 4 nitrogen and oxygen atoms in total. The van der Waals surface area contributed by atoms with E-state index in [9.17, 15) is 13.5 Å². The first-order valence-electron chi connectivity index (χ1n) is 7.77. The number of likely N-dealkylation sites (tertiary alicyclic amines) is 1. The summed E-state index contributed by atoms with van der Waals surface area (Å²) in [7, 11) is -3.19. The SMILES string of the molecule is CC(O)(CN1CC2C(C1)C2(C)C)c1ccc(S(C)(=O)=O)cc1. The minimum atomic E-state index is -3.19. The van der Waals surface area contributed by atoms with E-state index in [0.29, 0.717) is 12.0 Å². The van der Waals surface area contributed by atoms with Crippen molar-refractivity contribution >= 4 is 9.84 Å². The molecule has 3 atom stereocenters. The van der Waals surface area contributed by atoms with Crippen LogP contribution in [0.15, 0.2) is 29.2 Å². The van der Waals surface area contributed by atoms with Gasteiger partial charge in [0.1, 0.15) is 0 Å². The lowest BCUT2D eigenvalue weighted by atomic mass is 9.95. The standard InChI is InChI=1S/C17H25NO3S/c1-16(2)14-9-18(10-15(14)16)11-17(3,19)12-5-7-13(8-6-12)22(4,20)21/h5-8,14-15,19H,9-11H2,1-4H3. The highest BCUT2D eigenvalue weighted by atomic mass is 32.2. The Hall–Kier alpha value is -0.910. The van der Waals surface area contributed by atoms with Crippen LogP contribution in [0.3, 0.4) is 0 Å². The quantitative estimate of drug-likeness (QED) is 0.919. The molecule has 1 saturated carbocycles. The number of benzene rings is 1. The van der Waals surface area contributed by atoms with Gasteiger partial charge >= 0.3 is 0 Å². The minimum absolute atomic E-state index is 0.288. The summed E-state index contributed by atoms with van der Waals surface area (Å²) in [6, 6.07) is 6.58. The highest BCUT2D eigenvalue weighted by Gasteiger charge is 2.62. The van der Waals surface area contributed by atoms with Gasteiger partial charge in [0, 0.05) is 25.9 Å². The molecule has 1 heterocycles. The molecule has 0 bridgehead atoms. The highest BCUT2D eigenvalue weighted by molar-refractivity contribution is 7.90. The van der Waals surface area contributed by atoms with E-state index >= 15 is 0 Å². The monoisotopic (exact) mass is 323 g/mol. The van der Waals surface area contributed by atoms with Crippen molar-refractivity contribution in [3.63, 3.8) is 0 Å². The molecule has 3 rings (SSSR count). The van der Waals surface area contributed by atoms with Crippen LogP contribution in [0.2, 0.25) is 0 Å². The zero-order valence-corrected chi connectivity index (χ0v) is 14.5. The van der Waals surface area contributed by atoms with Crippen LogP contribution >= 0.6 is 0 Å². The van der Waals surface area contributed by atoms with Crippen molar-refractivity contribution in [3.8, 4) is 0 Å². The molecule has 1 N–H and O–H groups in total. The Kier molecular flexibility index (Phi) is 3.48. The van der Waals surface area contributed by atoms with Gasteiger partial charge in [-0.1, -0.05) is 26.0 Å². The van der Waals surface area contributed by atoms with E-state index in [1.54, 1.807) is 31.2 Å². The molecule has 0 radical (unpaired) electrons. The van der Waals surface area contributed by atoms with Gasteiger partial charge < -0.3 is 5.11 Å². The number of aliphatic hydroxyl groups is 1. The average Bonchev–Trinajstić information content (AvgIpc) is 2.76. The van der Waals surface area contributed by atoms with Crippen LogP contribution < -0.4 is 0 Å². The molecular weight excluding hydrogens is 298 g/mol. The van der Waals surface area contributed by atoms with Crippen molar-refractivity contribution in [2.45, 2.75) is 31.3 Å². The second kappa shape index (κ2) is 4.79. The molecule has 122 valence electrons. The molecule has 2 fully saturated rings. The van der Waals surface area contributed by atoms with Gasteiger partial charge in [0.05, 0.1) is 10.5 Å². The van der Waals surface area contributed by atoms with E-state index in [4.69, 9.17) is 0 Å². The number of hydrogen-bond donors (Lipinski definition) is 1. The maximum absolute atomic E-state index is 11.5. The van der Waals surface area contributed by atoms with Gasteiger partial charge in [-0.05, 0) is 41.9 Å². The first-order chi connectivity index (χ1) is 10.0. The fourth-order valence-electron chi connectivity index (χ4n) is 3.93. The summed E-state index contributed by atoms with van der Waals surface area (Å²) < 4.78 is 23.0. The molecule has 3 unspecified atom stereocenters. The van der Waals surface area contributed by atoms with E-state index in [1.165, 1.54) is 6.26 Å². The molecule has 0 aromatic heterocycles. The zero-order valence-electron chi connectivity index (χ0n) is 13.7. The molecular formula is C17H25NO3S. The molecule has 0 spiro atoms. The predicted molar refractivity (Wildman–Crippen MR) is 86.3 cm³/mol. The summed E-state index contributed by atoms with van der Waals surface area (Å²) in [5, 5.41) is 10.8. The second-order valence-corrected chi connectivity index (χ2v) is 9.81. The average molecular weight is 323 g/mol. The number of sulfone groups is 1. The van der Waals surface area contributed by atoms with Crippen molar-refractivity contribution in [3.05, 3.63) is 29.8 Å². The summed E-state index contributed by atoms with van der Waals surface area (Å²) in [5.41, 5.74) is 0.274.